The van der Waals surface area contributed by atoms with Gasteiger partial charge < -0.3 is 29.9 Å². The Bertz CT molecular complexity index is 1970. The molecule has 18 heteroatoms. The van der Waals surface area contributed by atoms with E-state index in [2.05, 4.69) is 21.9 Å². The van der Waals surface area contributed by atoms with Gasteiger partial charge in [0.15, 0.2) is 0 Å². The van der Waals surface area contributed by atoms with Gasteiger partial charge >= 0.3 is 12.2 Å². The van der Waals surface area contributed by atoms with Crippen LogP contribution in [0.4, 0.5) is 14.0 Å². The lowest BCUT2D eigenvalue weighted by atomic mass is 9.98. The van der Waals surface area contributed by atoms with Crippen molar-refractivity contribution in [3.63, 3.8) is 0 Å². The Kier molecular flexibility index (Phi) is 11.8. The Labute approximate surface area is 331 Å². The zero-order chi connectivity index (χ0) is 41.4. The maximum atomic E-state index is 14.8. The van der Waals surface area contributed by atoms with Crippen LogP contribution in [-0.4, -0.2) is 113 Å². The molecule has 0 bridgehead atoms. The molecular weight excluding hydrogens is 764 g/mol. The van der Waals surface area contributed by atoms with E-state index in [1.54, 1.807) is 46.0 Å². The van der Waals surface area contributed by atoms with Gasteiger partial charge in [0.05, 0.1) is 18.3 Å². The largest absolute Gasteiger partial charge is 0.444 e. The fraction of sp³-hybridized carbons (Fsp3) is 0.590. The van der Waals surface area contributed by atoms with E-state index < -0.39 is 98.2 Å². The summed E-state index contributed by atoms with van der Waals surface area (Å²) in [7, 11) is -2.42. The smallest absolute Gasteiger partial charge is 0.410 e. The number of allylic oxidation sites excluding steroid dienone is 1. The molecule has 57 heavy (non-hydrogen) atoms. The molecule has 1 aromatic rings. The third kappa shape index (κ3) is 9.42. The second kappa shape index (κ2) is 16.1. The molecule has 6 rings (SSSR count). The van der Waals surface area contributed by atoms with Crippen LogP contribution in [0.5, 0.6) is 0 Å². The van der Waals surface area contributed by atoms with E-state index in [9.17, 15) is 41.6 Å². The minimum absolute atomic E-state index is 0.0450. The SMILES string of the molecule is C=CC(=O)N(C)C1CCC/C=C\[C@H]2C[C@@]2(C(=O)NS(=O)(=O)C2CC2)NC(=O)C2C[C@@H](OC(=O)N3Cc4cccc(F)c4C3)CN2C(=O)[C@@H](NC(=O)OC(C)(C)C)C1. The molecule has 5 aliphatic rings. The quantitative estimate of drug-likeness (QED) is 0.272. The first-order valence-electron chi connectivity index (χ1n) is 19.3. The lowest BCUT2D eigenvalue weighted by Crippen LogP contribution is -2.59. The van der Waals surface area contributed by atoms with Crippen LogP contribution in [0.25, 0.3) is 0 Å². The molecule has 3 fully saturated rings. The van der Waals surface area contributed by atoms with Gasteiger partial charge in [0.2, 0.25) is 27.7 Å². The normalized spacial score (nSPS) is 28.3. The summed E-state index contributed by atoms with van der Waals surface area (Å²) in [5.41, 5.74) is -1.61. The average Bonchev–Trinajstić information content (AvgIpc) is 4.02. The van der Waals surface area contributed by atoms with E-state index >= 15 is 0 Å². The van der Waals surface area contributed by atoms with Gasteiger partial charge in [-0.15, -0.1) is 0 Å². The monoisotopic (exact) mass is 814 g/mol. The summed E-state index contributed by atoms with van der Waals surface area (Å²) >= 11 is 0. The number of hydrogen-bond donors (Lipinski definition) is 3. The number of ether oxygens (including phenoxy) is 2. The predicted molar refractivity (Wildman–Crippen MR) is 203 cm³/mol. The molecule has 1 aromatic carbocycles. The number of alkyl carbamates (subject to hydrolysis) is 1. The number of amides is 6. The van der Waals surface area contributed by atoms with Gasteiger partial charge in [0.1, 0.15) is 35.1 Å². The summed E-state index contributed by atoms with van der Waals surface area (Å²) in [4.78, 5) is 86.4. The molecule has 3 N–H and O–H groups in total. The van der Waals surface area contributed by atoms with Crippen molar-refractivity contribution in [1.82, 2.24) is 30.1 Å². The molecule has 6 amide bonds. The Morgan fingerprint density at radius 3 is 2.51 bits per heavy atom. The Hall–Kier alpha value is -5.00. The summed E-state index contributed by atoms with van der Waals surface area (Å²) in [5.74, 6) is -3.88. The summed E-state index contributed by atoms with van der Waals surface area (Å²) < 4.78 is 53.7. The maximum Gasteiger partial charge on any atom is 0.410 e. The number of nitrogens with zero attached hydrogens (tertiary/aromatic N) is 3. The molecule has 0 radical (unpaired) electrons. The number of nitrogens with one attached hydrogen (secondary N) is 3. The van der Waals surface area contributed by atoms with Crippen LogP contribution in [0, 0.1) is 11.7 Å². The maximum absolute atomic E-state index is 14.8. The van der Waals surface area contributed by atoms with Gasteiger partial charge in [0.25, 0.3) is 5.91 Å². The number of sulfonamides is 1. The van der Waals surface area contributed by atoms with Crippen LogP contribution < -0.4 is 15.4 Å². The molecule has 16 nitrogen and oxygen atoms in total. The minimum Gasteiger partial charge on any atom is -0.444 e. The summed E-state index contributed by atoms with van der Waals surface area (Å²) in [6, 6.07) is 1.25. The first kappa shape index (κ1) is 41.6. The number of rotatable bonds is 7. The van der Waals surface area contributed by atoms with E-state index in [0.717, 1.165) is 6.08 Å². The van der Waals surface area contributed by atoms with Gasteiger partial charge in [-0.3, -0.25) is 28.8 Å². The summed E-state index contributed by atoms with van der Waals surface area (Å²) in [6.07, 6.45) is 3.96. The highest BCUT2D eigenvalue weighted by molar-refractivity contribution is 7.91. The van der Waals surface area contributed by atoms with Crippen molar-refractivity contribution in [1.29, 1.82) is 0 Å². The van der Waals surface area contributed by atoms with E-state index in [0.29, 0.717) is 43.2 Å². The second-order valence-corrected chi connectivity index (χ2v) is 18.5. The molecule has 3 aliphatic heterocycles. The molecule has 6 atom stereocenters. The zero-order valence-corrected chi connectivity index (χ0v) is 33.4. The van der Waals surface area contributed by atoms with Crippen molar-refractivity contribution >= 4 is 45.8 Å². The Balaban J connectivity index is 1.32. The number of carbonyl (C=O) groups excluding carboxylic acids is 6. The van der Waals surface area contributed by atoms with Crippen LogP contribution in [0.15, 0.2) is 43.0 Å². The number of benzene rings is 1. The van der Waals surface area contributed by atoms with Gasteiger partial charge in [0, 0.05) is 37.5 Å². The number of carbonyl (C=O) groups is 6. The number of fused-ring (bicyclic) bond motifs is 3. The Morgan fingerprint density at radius 2 is 1.84 bits per heavy atom. The van der Waals surface area contributed by atoms with Gasteiger partial charge in [-0.05, 0) is 83.4 Å². The van der Waals surface area contributed by atoms with Crippen molar-refractivity contribution in [2.45, 2.75) is 126 Å². The van der Waals surface area contributed by atoms with Crippen molar-refractivity contribution in [2.75, 3.05) is 13.6 Å². The molecule has 2 aliphatic carbocycles. The van der Waals surface area contributed by atoms with E-state index in [-0.39, 0.29) is 38.9 Å². The van der Waals surface area contributed by atoms with Gasteiger partial charge in [-0.25, -0.2) is 22.4 Å². The topological polar surface area (TPSA) is 201 Å². The van der Waals surface area contributed by atoms with Crippen molar-refractivity contribution in [2.24, 2.45) is 5.92 Å². The number of halogens is 1. The van der Waals surface area contributed by atoms with Crippen molar-refractivity contribution in [3.8, 4) is 0 Å². The third-order valence-corrected chi connectivity index (χ3v) is 12.9. The lowest BCUT2D eigenvalue weighted by molar-refractivity contribution is -0.141. The average molecular weight is 815 g/mol. The molecule has 0 aromatic heterocycles. The molecule has 1 saturated heterocycles. The first-order chi connectivity index (χ1) is 26.8. The van der Waals surface area contributed by atoms with E-state index in [1.807, 2.05) is 6.08 Å². The van der Waals surface area contributed by atoms with Crippen molar-refractivity contribution < 1.29 is 51.0 Å². The highest BCUT2D eigenvalue weighted by atomic mass is 32.2. The van der Waals surface area contributed by atoms with Gasteiger partial charge in [-0.2, -0.15) is 0 Å². The van der Waals surface area contributed by atoms with Crippen molar-refractivity contribution in [3.05, 3.63) is 60.0 Å². The van der Waals surface area contributed by atoms with Crippen LogP contribution >= 0.6 is 0 Å². The molecule has 2 unspecified atom stereocenters. The summed E-state index contributed by atoms with van der Waals surface area (Å²) in [5, 5.41) is 4.71. The van der Waals surface area contributed by atoms with E-state index in [1.165, 1.54) is 20.8 Å². The van der Waals surface area contributed by atoms with Crippen LogP contribution in [-0.2, 0) is 51.8 Å². The molecular formula is C39H51FN6O10S. The number of likely N-dealkylation sites (N-methyl/N-ethyl adjacent to an activating group) is 1. The minimum atomic E-state index is -3.98. The third-order valence-electron chi connectivity index (χ3n) is 11.1. The fourth-order valence-corrected chi connectivity index (χ4v) is 9.10. The molecule has 0 spiro atoms. The molecule has 2 saturated carbocycles. The van der Waals surface area contributed by atoms with Crippen LogP contribution in [0.1, 0.15) is 83.3 Å². The molecule has 310 valence electrons. The van der Waals surface area contributed by atoms with E-state index in [4.69, 9.17) is 9.47 Å². The fourth-order valence-electron chi connectivity index (χ4n) is 7.74. The second-order valence-electron chi connectivity index (χ2n) is 16.5. The highest BCUT2D eigenvalue weighted by Crippen LogP contribution is 2.46. The highest BCUT2D eigenvalue weighted by Gasteiger charge is 2.62. The van der Waals surface area contributed by atoms with Gasteiger partial charge in [-0.1, -0.05) is 30.9 Å². The standard InChI is InChI=1S/C39H51FN6O10S/c1-6-32(47)44(5)25-13-9-7-8-12-24-19-39(24,35(50)43-57(53,54)27-15-16-27)42-33(48)31-18-26(55-37(52)45-20-23-11-10-14-29(40)28(23)22-45)21-46(31)34(49)30(17-25)41-36(51)56-38(2,3)4/h6,8,10-12,14,24-27,30-31H,1,7,9,13,15-22H2,2-5H3,(H,41,51)(H,42,48)(H,43,50)/b12-8-/t24-,25?,26+,30-,31?,39+/m0/s1. The first-order valence-corrected chi connectivity index (χ1v) is 20.8. The van der Waals surface area contributed by atoms with Crippen LogP contribution in [0.3, 0.4) is 0 Å². The zero-order valence-electron chi connectivity index (χ0n) is 32.6. The Morgan fingerprint density at radius 1 is 1.11 bits per heavy atom. The molecule has 3 heterocycles. The predicted octanol–water partition coefficient (Wildman–Crippen LogP) is 2.77. The lowest BCUT2D eigenvalue weighted by Gasteiger charge is -2.34. The van der Waals surface area contributed by atoms with Crippen LogP contribution in [0.2, 0.25) is 0 Å². The summed E-state index contributed by atoms with van der Waals surface area (Å²) in [6.45, 7) is 8.28. The number of hydrogen-bond acceptors (Lipinski definition) is 10.